The number of H-pyrrole nitrogens is 1. The Balaban J connectivity index is 1.86. The molecule has 0 radical (unpaired) electrons. The standard InChI is InChI=1S/C20H19N5O/c1-3-26-17-11-7-5-9-15(17)20-21-16-10-6-4-8-14(16)19(23-20)22-18-12-13(2)24-25-18/h4-12H,3H2,1-2H3,(H2,21,22,23,24,25). The first-order valence-corrected chi connectivity index (χ1v) is 8.52. The summed E-state index contributed by atoms with van der Waals surface area (Å²) in [7, 11) is 0. The van der Waals surface area contributed by atoms with E-state index in [0.29, 0.717) is 18.2 Å². The van der Waals surface area contributed by atoms with Crippen molar-refractivity contribution in [2.75, 3.05) is 11.9 Å². The van der Waals surface area contributed by atoms with E-state index in [9.17, 15) is 0 Å². The molecule has 6 nitrogen and oxygen atoms in total. The van der Waals surface area contributed by atoms with Gasteiger partial charge in [0.1, 0.15) is 11.6 Å². The molecule has 6 heteroatoms. The topological polar surface area (TPSA) is 75.7 Å². The maximum atomic E-state index is 5.75. The smallest absolute Gasteiger partial charge is 0.165 e. The molecule has 2 heterocycles. The second-order valence-corrected chi connectivity index (χ2v) is 5.90. The number of nitrogens with zero attached hydrogens (tertiary/aromatic N) is 3. The Morgan fingerprint density at radius 3 is 2.65 bits per heavy atom. The molecule has 4 rings (SSSR count). The molecule has 4 aromatic rings. The van der Waals surface area contributed by atoms with Crippen molar-refractivity contribution in [2.24, 2.45) is 0 Å². The van der Waals surface area contributed by atoms with Crippen LogP contribution in [0.5, 0.6) is 5.75 Å². The van der Waals surface area contributed by atoms with Crippen molar-refractivity contribution < 1.29 is 4.74 Å². The molecule has 0 unspecified atom stereocenters. The number of hydrogen-bond acceptors (Lipinski definition) is 5. The highest BCUT2D eigenvalue weighted by atomic mass is 16.5. The van der Waals surface area contributed by atoms with Crippen molar-refractivity contribution in [3.05, 3.63) is 60.3 Å². The molecule has 2 N–H and O–H groups in total. The van der Waals surface area contributed by atoms with Gasteiger partial charge in [-0.05, 0) is 38.1 Å². The van der Waals surface area contributed by atoms with Gasteiger partial charge in [0.25, 0.3) is 0 Å². The highest BCUT2D eigenvalue weighted by Crippen LogP contribution is 2.31. The van der Waals surface area contributed by atoms with Crippen LogP contribution in [0, 0.1) is 6.92 Å². The third-order valence-corrected chi connectivity index (χ3v) is 3.98. The second kappa shape index (κ2) is 6.84. The van der Waals surface area contributed by atoms with E-state index >= 15 is 0 Å². The molecule has 0 spiro atoms. The zero-order chi connectivity index (χ0) is 17.9. The van der Waals surface area contributed by atoms with Gasteiger partial charge in [-0.2, -0.15) is 5.10 Å². The number of aromatic nitrogens is 4. The molecule has 2 aromatic heterocycles. The maximum Gasteiger partial charge on any atom is 0.165 e. The highest BCUT2D eigenvalue weighted by Gasteiger charge is 2.13. The SMILES string of the molecule is CCOc1ccccc1-c1nc(Nc2cc(C)[nH]n2)c2ccccc2n1. The van der Waals surface area contributed by atoms with E-state index < -0.39 is 0 Å². The van der Waals surface area contributed by atoms with Gasteiger partial charge in [-0.25, -0.2) is 9.97 Å². The summed E-state index contributed by atoms with van der Waals surface area (Å²) in [5.41, 5.74) is 2.70. The number of fused-ring (bicyclic) bond motifs is 1. The minimum atomic E-state index is 0.586. The third kappa shape index (κ3) is 3.09. The average Bonchev–Trinajstić information content (AvgIpc) is 3.07. The van der Waals surface area contributed by atoms with Crippen LogP contribution >= 0.6 is 0 Å². The zero-order valence-corrected chi connectivity index (χ0v) is 14.7. The summed E-state index contributed by atoms with van der Waals surface area (Å²) in [6.45, 7) is 4.51. The van der Waals surface area contributed by atoms with Gasteiger partial charge < -0.3 is 10.1 Å². The van der Waals surface area contributed by atoms with Crippen LogP contribution in [0.1, 0.15) is 12.6 Å². The van der Waals surface area contributed by atoms with Crippen molar-refractivity contribution in [3.8, 4) is 17.1 Å². The van der Waals surface area contributed by atoms with Crippen LogP contribution in [0.25, 0.3) is 22.3 Å². The lowest BCUT2D eigenvalue weighted by Crippen LogP contribution is -2.01. The molecule has 0 fully saturated rings. The van der Waals surface area contributed by atoms with Gasteiger partial charge in [0.2, 0.25) is 0 Å². The Kier molecular flexibility index (Phi) is 4.23. The van der Waals surface area contributed by atoms with E-state index in [1.807, 2.05) is 68.4 Å². The lowest BCUT2D eigenvalue weighted by atomic mass is 10.1. The Labute approximate surface area is 151 Å². The molecule has 26 heavy (non-hydrogen) atoms. The molecule has 2 aromatic carbocycles. The normalized spacial score (nSPS) is 10.8. The van der Waals surface area contributed by atoms with E-state index in [-0.39, 0.29) is 0 Å². The number of rotatable bonds is 5. The maximum absolute atomic E-state index is 5.75. The Bertz CT molecular complexity index is 1060. The van der Waals surface area contributed by atoms with Crippen molar-refractivity contribution in [1.82, 2.24) is 20.2 Å². The molecule has 0 aliphatic heterocycles. The van der Waals surface area contributed by atoms with Crippen molar-refractivity contribution >= 4 is 22.5 Å². The summed E-state index contributed by atoms with van der Waals surface area (Å²) >= 11 is 0. The molecule has 0 saturated heterocycles. The van der Waals surface area contributed by atoms with E-state index in [0.717, 1.165) is 33.7 Å². The first kappa shape index (κ1) is 16.1. The van der Waals surface area contributed by atoms with Gasteiger partial charge in [0, 0.05) is 17.1 Å². The van der Waals surface area contributed by atoms with E-state index in [4.69, 9.17) is 14.7 Å². The quantitative estimate of drug-likeness (QED) is 0.558. The summed E-state index contributed by atoms with van der Waals surface area (Å²) in [4.78, 5) is 9.50. The minimum absolute atomic E-state index is 0.586. The van der Waals surface area contributed by atoms with Gasteiger partial charge in [0.15, 0.2) is 11.6 Å². The van der Waals surface area contributed by atoms with Crippen molar-refractivity contribution in [3.63, 3.8) is 0 Å². The number of anilines is 2. The summed E-state index contributed by atoms with van der Waals surface area (Å²) in [6.07, 6.45) is 0. The average molecular weight is 345 g/mol. The van der Waals surface area contributed by atoms with Gasteiger partial charge in [-0.15, -0.1) is 0 Å². The molecule has 0 amide bonds. The van der Waals surface area contributed by atoms with Crippen LogP contribution in [-0.4, -0.2) is 26.8 Å². The van der Waals surface area contributed by atoms with Crippen LogP contribution < -0.4 is 10.1 Å². The summed E-state index contributed by atoms with van der Waals surface area (Å²) in [5, 5.41) is 11.4. The summed E-state index contributed by atoms with van der Waals surface area (Å²) < 4.78 is 5.75. The zero-order valence-electron chi connectivity index (χ0n) is 14.7. The van der Waals surface area contributed by atoms with Gasteiger partial charge in [-0.1, -0.05) is 24.3 Å². The molecule has 0 aliphatic carbocycles. The fraction of sp³-hybridized carbons (Fsp3) is 0.150. The molecule has 130 valence electrons. The van der Waals surface area contributed by atoms with Crippen LogP contribution in [0.15, 0.2) is 54.6 Å². The number of benzene rings is 2. The van der Waals surface area contributed by atoms with E-state index in [2.05, 4.69) is 15.5 Å². The molecule has 0 aliphatic rings. The fourth-order valence-corrected chi connectivity index (χ4v) is 2.83. The number of para-hydroxylation sites is 2. The molecular weight excluding hydrogens is 326 g/mol. The Morgan fingerprint density at radius 1 is 1.04 bits per heavy atom. The lowest BCUT2D eigenvalue weighted by molar-refractivity contribution is 0.341. The first-order valence-electron chi connectivity index (χ1n) is 8.52. The predicted octanol–water partition coefficient (Wildman–Crippen LogP) is 4.47. The number of aromatic amines is 1. The van der Waals surface area contributed by atoms with E-state index in [1.54, 1.807) is 0 Å². The third-order valence-electron chi connectivity index (χ3n) is 3.98. The number of hydrogen-bond donors (Lipinski definition) is 2. The molecule has 0 bridgehead atoms. The number of aryl methyl sites for hydroxylation is 1. The van der Waals surface area contributed by atoms with Gasteiger partial charge in [0.05, 0.1) is 17.7 Å². The minimum Gasteiger partial charge on any atom is -0.493 e. The summed E-state index contributed by atoms with van der Waals surface area (Å²) in [6, 6.07) is 17.7. The monoisotopic (exact) mass is 345 g/mol. The van der Waals surface area contributed by atoms with Gasteiger partial charge >= 0.3 is 0 Å². The second-order valence-electron chi connectivity index (χ2n) is 5.90. The first-order chi connectivity index (χ1) is 12.7. The fourth-order valence-electron chi connectivity index (χ4n) is 2.83. The summed E-state index contributed by atoms with van der Waals surface area (Å²) in [5.74, 6) is 2.81. The van der Waals surface area contributed by atoms with Crippen LogP contribution in [0.3, 0.4) is 0 Å². The predicted molar refractivity (Wildman–Crippen MR) is 103 cm³/mol. The Hall–Kier alpha value is -3.41. The Morgan fingerprint density at radius 2 is 1.85 bits per heavy atom. The molecular formula is C20H19N5O. The van der Waals surface area contributed by atoms with E-state index in [1.165, 1.54) is 0 Å². The van der Waals surface area contributed by atoms with Gasteiger partial charge in [-0.3, -0.25) is 5.10 Å². The lowest BCUT2D eigenvalue weighted by Gasteiger charge is -2.12. The number of ether oxygens (including phenoxy) is 1. The number of nitrogens with one attached hydrogen (secondary N) is 2. The molecule has 0 saturated carbocycles. The van der Waals surface area contributed by atoms with Crippen molar-refractivity contribution in [1.29, 1.82) is 0 Å². The van der Waals surface area contributed by atoms with Crippen molar-refractivity contribution in [2.45, 2.75) is 13.8 Å². The highest BCUT2D eigenvalue weighted by molar-refractivity contribution is 5.92. The van der Waals surface area contributed by atoms with Crippen LogP contribution in [0.2, 0.25) is 0 Å². The molecule has 0 atom stereocenters. The largest absolute Gasteiger partial charge is 0.493 e. The van der Waals surface area contributed by atoms with Crippen LogP contribution in [0.4, 0.5) is 11.6 Å². The van der Waals surface area contributed by atoms with Crippen LogP contribution in [-0.2, 0) is 0 Å².